The maximum atomic E-state index is 13.0. The van der Waals surface area contributed by atoms with Crippen molar-refractivity contribution >= 4 is 28.4 Å². The summed E-state index contributed by atoms with van der Waals surface area (Å²) in [6.45, 7) is 0.720. The van der Waals surface area contributed by atoms with E-state index < -0.39 is 0 Å². The minimum absolute atomic E-state index is 0.0907. The van der Waals surface area contributed by atoms with Gasteiger partial charge in [-0.15, -0.1) is 0 Å². The number of nitrogens with one attached hydrogen (secondary N) is 1. The van der Waals surface area contributed by atoms with Crippen LogP contribution in [0.15, 0.2) is 42.9 Å². The Morgan fingerprint density at radius 3 is 2.59 bits per heavy atom. The molecule has 0 aliphatic heterocycles. The zero-order valence-corrected chi connectivity index (χ0v) is 16.0. The maximum absolute atomic E-state index is 13.0. The summed E-state index contributed by atoms with van der Waals surface area (Å²) >= 11 is 6.44. The lowest BCUT2D eigenvalue weighted by Gasteiger charge is -2.14. The van der Waals surface area contributed by atoms with E-state index in [0.717, 1.165) is 17.4 Å². The molecule has 0 unspecified atom stereocenters. The number of carbonyl (C=O) groups is 1. The fourth-order valence-electron chi connectivity index (χ4n) is 3.90. The zero-order valence-electron chi connectivity index (χ0n) is 15.2. The van der Waals surface area contributed by atoms with Gasteiger partial charge in [0.05, 0.1) is 16.1 Å². The van der Waals surface area contributed by atoms with Gasteiger partial charge in [0.25, 0.3) is 5.91 Å². The van der Waals surface area contributed by atoms with Crippen LogP contribution in [0.5, 0.6) is 0 Å². The molecule has 6 heteroatoms. The van der Waals surface area contributed by atoms with Gasteiger partial charge in [-0.1, -0.05) is 43.4 Å². The van der Waals surface area contributed by atoms with Crippen molar-refractivity contribution in [3.05, 3.63) is 53.4 Å². The summed E-state index contributed by atoms with van der Waals surface area (Å²) in [6.07, 6.45) is 12.7. The van der Waals surface area contributed by atoms with E-state index in [1.807, 2.05) is 22.8 Å². The second-order valence-electron chi connectivity index (χ2n) is 7.16. The molecule has 1 amide bonds. The van der Waals surface area contributed by atoms with Crippen molar-refractivity contribution in [3.8, 4) is 5.95 Å². The van der Waals surface area contributed by atoms with Gasteiger partial charge in [-0.3, -0.25) is 9.36 Å². The van der Waals surface area contributed by atoms with Crippen LogP contribution >= 0.6 is 11.6 Å². The summed E-state index contributed by atoms with van der Waals surface area (Å²) in [6, 6.07) is 7.38. The van der Waals surface area contributed by atoms with Crippen molar-refractivity contribution in [2.24, 2.45) is 5.92 Å². The Morgan fingerprint density at radius 2 is 1.85 bits per heavy atom. The number of halogens is 1. The number of hydrogen-bond acceptors (Lipinski definition) is 3. The summed E-state index contributed by atoms with van der Waals surface area (Å²) in [5.41, 5.74) is 1.39. The molecule has 1 aliphatic carbocycles. The van der Waals surface area contributed by atoms with Crippen LogP contribution < -0.4 is 5.32 Å². The predicted molar refractivity (Wildman–Crippen MR) is 107 cm³/mol. The van der Waals surface area contributed by atoms with Crippen LogP contribution in [0.4, 0.5) is 0 Å². The third-order valence-electron chi connectivity index (χ3n) is 5.32. The third kappa shape index (κ3) is 3.83. The van der Waals surface area contributed by atoms with Crippen molar-refractivity contribution in [2.75, 3.05) is 6.54 Å². The first kappa shape index (κ1) is 18.0. The smallest absolute Gasteiger partial charge is 0.253 e. The van der Waals surface area contributed by atoms with Crippen molar-refractivity contribution in [1.82, 2.24) is 19.9 Å². The van der Waals surface area contributed by atoms with Crippen molar-refractivity contribution in [1.29, 1.82) is 0 Å². The van der Waals surface area contributed by atoms with Gasteiger partial charge < -0.3 is 5.32 Å². The average Bonchev–Trinajstić information content (AvgIpc) is 2.90. The number of benzene rings is 1. The summed E-state index contributed by atoms with van der Waals surface area (Å²) in [5, 5.41) is 4.43. The molecule has 1 aromatic carbocycles. The molecule has 2 aromatic heterocycles. The van der Waals surface area contributed by atoms with Gasteiger partial charge in [-0.2, -0.15) is 0 Å². The van der Waals surface area contributed by atoms with E-state index in [0.29, 0.717) is 22.5 Å². The Bertz CT molecular complexity index is 930. The minimum Gasteiger partial charge on any atom is -0.352 e. The largest absolute Gasteiger partial charge is 0.352 e. The first-order valence-corrected chi connectivity index (χ1v) is 9.97. The lowest BCUT2D eigenvalue weighted by atomic mass is 10.0. The highest BCUT2D eigenvalue weighted by Crippen LogP contribution is 2.30. The lowest BCUT2D eigenvalue weighted by molar-refractivity contribution is 0.0947. The molecule has 1 saturated carbocycles. The lowest BCUT2D eigenvalue weighted by Crippen LogP contribution is -2.29. The van der Waals surface area contributed by atoms with E-state index in [4.69, 9.17) is 11.6 Å². The first-order valence-electron chi connectivity index (χ1n) is 9.59. The van der Waals surface area contributed by atoms with Crippen molar-refractivity contribution < 1.29 is 4.79 Å². The summed E-state index contributed by atoms with van der Waals surface area (Å²) < 4.78 is 1.82. The van der Waals surface area contributed by atoms with E-state index in [1.54, 1.807) is 24.7 Å². The number of fused-ring (bicyclic) bond motifs is 1. The Labute approximate surface area is 163 Å². The molecule has 27 heavy (non-hydrogen) atoms. The molecule has 1 aliphatic rings. The number of amides is 1. The molecule has 1 N–H and O–H groups in total. The number of hydrogen-bond donors (Lipinski definition) is 1. The summed E-state index contributed by atoms with van der Waals surface area (Å²) in [4.78, 5) is 21.6. The number of carbonyl (C=O) groups excluding carboxylic acids is 1. The highest BCUT2D eigenvalue weighted by molar-refractivity contribution is 6.37. The van der Waals surface area contributed by atoms with Crippen LogP contribution in [0.25, 0.3) is 16.9 Å². The van der Waals surface area contributed by atoms with Gasteiger partial charge in [0.15, 0.2) is 0 Å². The molecule has 140 valence electrons. The van der Waals surface area contributed by atoms with Crippen LogP contribution in [-0.2, 0) is 0 Å². The van der Waals surface area contributed by atoms with E-state index in [2.05, 4.69) is 15.3 Å². The van der Waals surface area contributed by atoms with Gasteiger partial charge in [-0.05, 0) is 37.0 Å². The molecule has 0 saturated heterocycles. The SMILES string of the molecule is O=C(NCC1CCCCCC1)c1cn(-c2ncccn2)c2cccc(Cl)c12. The standard InChI is InChI=1S/C21H23ClN4O/c22-17-9-5-10-18-19(17)16(14-26(18)21-23-11-6-12-24-21)20(27)25-13-15-7-3-1-2-4-8-15/h5-6,9-12,14-15H,1-4,7-8,13H2,(H,25,27). The van der Waals surface area contributed by atoms with Crippen LogP contribution in [0.2, 0.25) is 5.02 Å². The molecule has 0 atom stereocenters. The van der Waals surface area contributed by atoms with Gasteiger partial charge >= 0.3 is 0 Å². The van der Waals surface area contributed by atoms with Gasteiger partial charge in [-0.25, -0.2) is 9.97 Å². The molecular formula is C21H23ClN4O. The first-order chi connectivity index (χ1) is 13.2. The maximum Gasteiger partial charge on any atom is 0.253 e. The average molecular weight is 383 g/mol. The summed E-state index contributed by atoms with van der Waals surface area (Å²) in [7, 11) is 0. The van der Waals surface area contributed by atoms with Crippen LogP contribution in [0.3, 0.4) is 0 Å². The Hall–Kier alpha value is -2.40. The van der Waals surface area contributed by atoms with E-state index in [9.17, 15) is 4.79 Å². The molecule has 2 heterocycles. The predicted octanol–water partition coefficient (Wildman–Crippen LogP) is 4.77. The Balaban J connectivity index is 1.64. The Kier molecular flexibility index (Phi) is 5.39. The second-order valence-corrected chi connectivity index (χ2v) is 7.57. The molecule has 5 nitrogen and oxygen atoms in total. The van der Waals surface area contributed by atoms with Crippen LogP contribution in [-0.4, -0.2) is 27.0 Å². The number of aromatic nitrogens is 3. The third-order valence-corrected chi connectivity index (χ3v) is 5.63. The molecule has 1 fully saturated rings. The fourth-order valence-corrected chi connectivity index (χ4v) is 4.17. The molecule has 0 spiro atoms. The highest BCUT2D eigenvalue weighted by atomic mass is 35.5. The second kappa shape index (κ2) is 8.09. The summed E-state index contributed by atoms with van der Waals surface area (Å²) in [5.74, 6) is 0.998. The van der Waals surface area contributed by atoms with Crippen molar-refractivity contribution in [3.63, 3.8) is 0 Å². The van der Waals surface area contributed by atoms with Crippen LogP contribution in [0.1, 0.15) is 48.9 Å². The van der Waals surface area contributed by atoms with E-state index >= 15 is 0 Å². The van der Waals surface area contributed by atoms with Gasteiger partial charge in [0, 0.05) is 30.5 Å². The van der Waals surface area contributed by atoms with Crippen molar-refractivity contribution in [2.45, 2.75) is 38.5 Å². The van der Waals surface area contributed by atoms with Crippen LogP contribution in [0, 0.1) is 5.92 Å². The molecular weight excluding hydrogens is 360 g/mol. The number of nitrogens with zero attached hydrogens (tertiary/aromatic N) is 3. The topological polar surface area (TPSA) is 59.8 Å². The quantitative estimate of drug-likeness (QED) is 0.661. The molecule has 3 aromatic rings. The zero-order chi connectivity index (χ0) is 18.6. The van der Waals surface area contributed by atoms with Gasteiger partial charge in [0.2, 0.25) is 5.95 Å². The van der Waals surface area contributed by atoms with E-state index in [1.165, 1.54) is 38.5 Å². The normalized spacial score (nSPS) is 15.6. The Morgan fingerprint density at radius 1 is 1.11 bits per heavy atom. The molecule has 0 bridgehead atoms. The van der Waals surface area contributed by atoms with Gasteiger partial charge in [0.1, 0.15) is 0 Å². The van der Waals surface area contributed by atoms with E-state index in [-0.39, 0.29) is 5.91 Å². The minimum atomic E-state index is -0.0907. The number of rotatable bonds is 4. The monoisotopic (exact) mass is 382 g/mol. The molecule has 0 radical (unpaired) electrons. The highest BCUT2D eigenvalue weighted by Gasteiger charge is 2.20. The molecule has 4 rings (SSSR count). The fraction of sp³-hybridized carbons (Fsp3) is 0.381.